The molecule has 1 aliphatic rings. The van der Waals surface area contributed by atoms with E-state index >= 15 is 0 Å². The van der Waals surface area contributed by atoms with Crippen LogP contribution in [0.1, 0.15) is 39.0 Å². The van der Waals surface area contributed by atoms with Crippen molar-refractivity contribution in [3.8, 4) is 0 Å². The Kier molecular flexibility index (Phi) is 4.62. The summed E-state index contributed by atoms with van der Waals surface area (Å²) in [7, 11) is 0. The quantitative estimate of drug-likeness (QED) is 0.568. The van der Waals surface area contributed by atoms with Crippen LogP contribution in [0.15, 0.2) is 0 Å². The predicted octanol–water partition coefficient (Wildman–Crippen LogP) is 1.50. The third-order valence-corrected chi connectivity index (χ3v) is 2.51. The lowest BCUT2D eigenvalue weighted by Crippen LogP contribution is -2.23. The largest absolute Gasteiger partial charge is 0.328 e. The number of hydrogen-bond acceptors (Lipinski definition) is 2. The van der Waals surface area contributed by atoms with Crippen LogP contribution in [0.3, 0.4) is 0 Å². The van der Waals surface area contributed by atoms with Crippen molar-refractivity contribution < 1.29 is 0 Å². The summed E-state index contributed by atoms with van der Waals surface area (Å²) in [6, 6.07) is 0.469. The molecule has 0 amide bonds. The lowest BCUT2D eigenvalue weighted by atomic mass is 10.1. The van der Waals surface area contributed by atoms with E-state index in [9.17, 15) is 0 Å². The van der Waals surface area contributed by atoms with Gasteiger partial charge in [-0.1, -0.05) is 19.8 Å². The molecule has 2 heteroatoms. The Hall–Kier alpha value is -0.0800. The second-order valence-electron chi connectivity index (χ2n) is 3.93. The fourth-order valence-corrected chi connectivity index (χ4v) is 1.57. The molecule has 72 valence electrons. The van der Waals surface area contributed by atoms with Crippen LogP contribution in [-0.2, 0) is 0 Å². The van der Waals surface area contributed by atoms with Crippen LogP contribution < -0.4 is 11.1 Å². The molecule has 1 fully saturated rings. The van der Waals surface area contributed by atoms with Gasteiger partial charge in [-0.2, -0.15) is 0 Å². The average molecular weight is 170 g/mol. The lowest BCUT2D eigenvalue weighted by molar-refractivity contribution is 0.504. The second-order valence-corrected chi connectivity index (χ2v) is 3.93. The summed E-state index contributed by atoms with van der Waals surface area (Å²) in [5.41, 5.74) is 5.97. The third kappa shape index (κ3) is 4.73. The molecule has 1 aliphatic carbocycles. The molecule has 0 saturated heterocycles. The molecule has 3 N–H and O–H groups in total. The van der Waals surface area contributed by atoms with Gasteiger partial charge in [-0.05, 0) is 38.3 Å². The van der Waals surface area contributed by atoms with E-state index in [0.717, 1.165) is 19.0 Å². The van der Waals surface area contributed by atoms with Gasteiger partial charge in [0.25, 0.3) is 0 Å². The van der Waals surface area contributed by atoms with Crippen LogP contribution >= 0.6 is 0 Å². The Morgan fingerprint density at radius 3 is 2.83 bits per heavy atom. The summed E-state index contributed by atoms with van der Waals surface area (Å²) >= 11 is 0. The topological polar surface area (TPSA) is 38.0 Å². The molecule has 0 aromatic carbocycles. The molecule has 12 heavy (non-hydrogen) atoms. The minimum absolute atomic E-state index is 0.469. The highest BCUT2D eigenvalue weighted by atomic mass is 14.8. The number of hydrogen-bond donors (Lipinski definition) is 2. The zero-order valence-electron chi connectivity index (χ0n) is 8.18. The van der Waals surface area contributed by atoms with Crippen molar-refractivity contribution in [3.05, 3.63) is 0 Å². The molecular formula is C10H22N2. The van der Waals surface area contributed by atoms with E-state index in [1.807, 2.05) is 0 Å². The first-order valence-corrected chi connectivity index (χ1v) is 5.29. The Bertz CT molecular complexity index is 110. The summed E-state index contributed by atoms with van der Waals surface area (Å²) in [5.74, 6) is 0.985. The van der Waals surface area contributed by atoms with Gasteiger partial charge in [0.1, 0.15) is 0 Å². The Morgan fingerprint density at radius 1 is 1.50 bits per heavy atom. The van der Waals surface area contributed by atoms with Crippen molar-refractivity contribution in [2.24, 2.45) is 11.7 Å². The van der Waals surface area contributed by atoms with E-state index in [0.29, 0.717) is 6.04 Å². The van der Waals surface area contributed by atoms with E-state index in [-0.39, 0.29) is 0 Å². The highest BCUT2D eigenvalue weighted by Crippen LogP contribution is 2.33. The van der Waals surface area contributed by atoms with Gasteiger partial charge in [-0.3, -0.25) is 0 Å². The van der Waals surface area contributed by atoms with E-state index < -0.39 is 0 Å². The number of nitrogens with one attached hydrogen (secondary N) is 1. The maximum atomic E-state index is 5.97. The summed E-state index contributed by atoms with van der Waals surface area (Å²) in [4.78, 5) is 0. The fraction of sp³-hybridized carbons (Fsp3) is 1.00. The summed E-state index contributed by atoms with van der Waals surface area (Å²) in [6.07, 6.45) is 6.57. The molecule has 0 aromatic rings. The van der Waals surface area contributed by atoms with Gasteiger partial charge in [0.05, 0.1) is 0 Å². The normalized spacial score (nSPS) is 19.5. The highest BCUT2D eigenvalue weighted by molar-refractivity contribution is 4.78. The van der Waals surface area contributed by atoms with Gasteiger partial charge in [-0.15, -0.1) is 0 Å². The SMILES string of the molecule is CCNCCCC(N)CC1CC1. The standard InChI is InChI=1S/C10H22N2/c1-2-12-7-3-4-10(11)8-9-5-6-9/h9-10,12H,2-8,11H2,1H3. The molecule has 1 atom stereocenters. The second kappa shape index (κ2) is 5.55. The van der Waals surface area contributed by atoms with E-state index in [1.54, 1.807) is 0 Å². The summed E-state index contributed by atoms with van der Waals surface area (Å²) < 4.78 is 0. The fourth-order valence-electron chi connectivity index (χ4n) is 1.57. The average Bonchev–Trinajstić information content (AvgIpc) is 2.82. The maximum Gasteiger partial charge on any atom is 0.00419 e. The smallest absolute Gasteiger partial charge is 0.00419 e. The lowest BCUT2D eigenvalue weighted by Gasteiger charge is -2.10. The minimum Gasteiger partial charge on any atom is -0.328 e. The number of rotatable bonds is 7. The number of nitrogens with two attached hydrogens (primary N) is 1. The van der Waals surface area contributed by atoms with E-state index in [1.165, 1.54) is 32.1 Å². The molecule has 2 nitrogen and oxygen atoms in total. The van der Waals surface area contributed by atoms with E-state index in [4.69, 9.17) is 5.73 Å². The minimum atomic E-state index is 0.469. The van der Waals surface area contributed by atoms with Gasteiger partial charge >= 0.3 is 0 Å². The van der Waals surface area contributed by atoms with Crippen LogP contribution in [0, 0.1) is 5.92 Å². The molecule has 1 unspecified atom stereocenters. The third-order valence-electron chi connectivity index (χ3n) is 2.51. The van der Waals surface area contributed by atoms with Gasteiger partial charge < -0.3 is 11.1 Å². The van der Waals surface area contributed by atoms with Crippen LogP contribution in [0.5, 0.6) is 0 Å². The Morgan fingerprint density at radius 2 is 2.25 bits per heavy atom. The Labute approximate surface area is 75.9 Å². The molecule has 0 spiro atoms. The van der Waals surface area contributed by atoms with Gasteiger partial charge in [0.2, 0.25) is 0 Å². The van der Waals surface area contributed by atoms with Crippen molar-refractivity contribution in [2.45, 2.75) is 45.1 Å². The van der Waals surface area contributed by atoms with E-state index in [2.05, 4.69) is 12.2 Å². The van der Waals surface area contributed by atoms with Crippen molar-refractivity contribution in [1.29, 1.82) is 0 Å². The van der Waals surface area contributed by atoms with Gasteiger partial charge in [0, 0.05) is 6.04 Å². The predicted molar refractivity (Wildman–Crippen MR) is 53.1 cm³/mol. The molecule has 0 bridgehead atoms. The maximum absolute atomic E-state index is 5.97. The summed E-state index contributed by atoms with van der Waals surface area (Å²) in [5, 5.41) is 3.32. The molecule has 1 saturated carbocycles. The van der Waals surface area contributed by atoms with Crippen LogP contribution in [0.25, 0.3) is 0 Å². The zero-order valence-corrected chi connectivity index (χ0v) is 8.18. The Balaban J connectivity index is 1.83. The first kappa shape index (κ1) is 10.0. The van der Waals surface area contributed by atoms with Crippen molar-refractivity contribution in [3.63, 3.8) is 0 Å². The van der Waals surface area contributed by atoms with Crippen LogP contribution in [0.2, 0.25) is 0 Å². The molecule has 0 aliphatic heterocycles. The van der Waals surface area contributed by atoms with Crippen molar-refractivity contribution in [1.82, 2.24) is 5.32 Å². The van der Waals surface area contributed by atoms with Crippen molar-refractivity contribution in [2.75, 3.05) is 13.1 Å². The molecule has 0 aromatic heterocycles. The first-order valence-electron chi connectivity index (χ1n) is 5.29. The molecular weight excluding hydrogens is 148 g/mol. The van der Waals surface area contributed by atoms with Gasteiger partial charge in [0.15, 0.2) is 0 Å². The van der Waals surface area contributed by atoms with Crippen molar-refractivity contribution >= 4 is 0 Å². The molecule has 1 rings (SSSR count). The van der Waals surface area contributed by atoms with Gasteiger partial charge in [-0.25, -0.2) is 0 Å². The molecule has 0 heterocycles. The summed E-state index contributed by atoms with van der Waals surface area (Å²) in [6.45, 7) is 4.36. The molecule has 0 radical (unpaired) electrons. The zero-order chi connectivity index (χ0) is 8.81. The van der Waals surface area contributed by atoms with Crippen LogP contribution in [-0.4, -0.2) is 19.1 Å². The first-order chi connectivity index (χ1) is 5.83. The monoisotopic (exact) mass is 170 g/mol. The highest BCUT2D eigenvalue weighted by Gasteiger charge is 2.23. The van der Waals surface area contributed by atoms with Crippen LogP contribution in [0.4, 0.5) is 0 Å².